The Balaban J connectivity index is 1.63. The van der Waals surface area contributed by atoms with Gasteiger partial charge in [0.1, 0.15) is 10.2 Å². The molecule has 1 N–H and O–H groups in total. The predicted molar refractivity (Wildman–Crippen MR) is 81.2 cm³/mol. The Morgan fingerprint density at radius 3 is 2.95 bits per heavy atom. The first-order chi connectivity index (χ1) is 10.0. The number of carbonyl (C=O) groups is 2. The van der Waals surface area contributed by atoms with Crippen molar-refractivity contribution in [2.24, 2.45) is 5.41 Å². The molecule has 1 aromatic rings. The molecule has 1 aliphatic heterocycles. The van der Waals surface area contributed by atoms with Crippen molar-refractivity contribution in [2.45, 2.75) is 25.3 Å². The molecule has 5 nitrogen and oxygen atoms in total. The van der Waals surface area contributed by atoms with Gasteiger partial charge in [-0.1, -0.05) is 18.2 Å². The number of halogens is 1. The molecule has 1 spiro atoms. The van der Waals surface area contributed by atoms with Crippen LogP contribution in [0.1, 0.15) is 17.8 Å². The summed E-state index contributed by atoms with van der Waals surface area (Å²) in [5, 5.41) is 5.83. The molecular formula is C14H16ClN3O2S. The Labute approximate surface area is 132 Å². The molecule has 21 heavy (non-hydrogen) atoms. The number of amides is 2. The lowest BCUT2D eigenvalue weighted by molar-refractivity contribution is -0.129. The number of thiazole rings is 1. The number of hydrogen-bond acceptors (Lipinski definition) is 4. The summed E-state index contributed by atoms with van der Waals surface area (Å²) in [6.07, 6.45) is 3.66. The van der Waals surface area contributed by atoms with Gasteiger partial charge in [0.2, 0.25) is 11.8 Å². The van der Waals surface area contributed by atoms with Gasteiger partial charge in [-0.05, 0) is 18.9 Å². The standard InChI is InChI=1S/C14H16ClN3O2S/c1-2-11(19)16-9-6-18(8-14(9)3-4-14)13(20)5-12-17-10(15)7-21-12/h2,7,9H,1,3-6,8H2,(H,16,19). The average Bonchev–Trinajstić information content (AvgIpc) is 2.98. The molecule has 0 radical (unpaired) electrons. The fraction of sp³-hybridized carbons (Fsp3) is 0.500. The Morgan fingerprint density at radius 1 is 1.62 bits per heavy atom. The number of likely N-dealkylation sites (tertiary alicyclic amines) is 1. The highest BCUT2D eigenvalue weighted by atomic mass is 35.5. The second-order valence-corrected chi connectivity index (χ2v) is 6.97. The van der Waals surface area contributed by atoms with Gasteiger partial charge in [-0.25, -0.2) is 4.98 Å². The summed E-state index contributed by atoms with van der Waals surface area (Å²) >= 11 is 7.17. The largest absolute Gasteiger partial charge is 0.347 e. The van der Waals surface area contributed by atoms with E-state index in [1.807, 2.05) is 4.90 Å². The van der Waals surface area contributed by atoms with Crippen LogP contribution in [0.5, 0.6) is 0 Å². The number of aromatic nitrogens is 1. The third-order valence-electron chi connectivity index (χ3n) is 4.22. The van der Waals surface area contributed by atoms with Crippen molar-refractivity contribution in [1.82, 2.24) is 15.2 Å². The van der Waals surface area contributed by atoms with Gasteiger partial charge in [0.05, 0.1) is 12.5 Å². The quantitative estimate of drug-likeness (QED) is 0.856. The first-order valence-electron chi connectivity index (χ1n) is 6.83. The molecule has 112 valence electrons. The lowest BCUT2D eigenvalue weighted by Crippen LogP contribution is -2.41. The highest BCUT2D eigenvalue weighted by molar-refractivity contribution is 7.10. The van der Waals surface area contributed by atoms with E-state index in [1.54, 1.807) is 5.38 Å². The van der Waals surface area contributed by atoms with Crippen LogP contribution in [0.3, 0.4) is 0 Å². The first kappa shape index (κ1) is 14.5. The second kappa shape index (κ2) is 5.42. The number of nitrogens with zero attached hydrogens (tertiary/aromatic N) is 2. The van der Waals surface area contributed by atoms with Gasteiger partial charge in [-0.3, -0.25) is 9.59 Å². The summed E-state index contributed by atoms with van der Waals surface area (Å²) < 4.78 is 0. The molecule has 7 heteroatoms. The topological polar surface area (TPSA) is 62.3 Å². The van der Waals surface area contributed by atoms with E-state index in [-0.39, 0.29) is 29.7 Å². The normalized spacial score (nSPS) is 22.3. The number of rotatable bonds is 4. The lowest BCUT2D eigenvalue weighted by Gasteiger charge is -2.17. The fourth-order valence-corrected chi connectivity index (χ4v) is 3.80. The maximum absolute atomic E-state index is 12.4. The van der Waals surface area contributed by atoms with E-state index >= 15 is 0 Å². The third-order valence-corrected chi connectivity index (χ3v) is 5.39. The van der Waals surface area contributed by atoms with E-state index in [9.17, 15) is 9.59 Å². The van der Waals surface area contributed by atoms with Crippen molar-refractivity contribution < 1.29 is 9.59 Å². The van der Waals surface area contributed by atoms with Crippen molar-refractivity contribution >= 4 is 34.8 Å². The van der Waals surface area contributed by atoms with Crippen LogP contribution in [0.2, 0.25) is 5.15 Å². The van der Waals surface area contributed by atoms with E-state index < -0.39 is 0 Å². The minimum absolute atomic E-state index is 0.0341. The maximum Gasteiger partial charge on any atom is 0.243 e. The molecule has 1 atom stereocenters. The van der Waals surface area contributed by atoms with Gasteiger partial charge in [0, 0.05) is 23.9 Å². The van der Waals surface area contributed by atoms with E-state index in [0.717, 1.165) is 17.8 Å². The Bertz CT molecular complexity index is 597. The summed E-state index contributed by atoms with van der Waals surface area (Å²) in [5.41, 5.74) is 0.0782. The molecule has 1 unspecified atom stereocenters. The maximum atomic E-state index is 12.4. The van der Waals surface area contributed by atoms with Crippen LogP contribution in [0.25, 0.3) is 0 Å². The van der Waals surface area contributed by atoms with Gasteiger partial charge in [0.25, 0.3) is 0 Å². The minimum atomic E-state index is -0.174. The average molecular weight is 326 g/mol. The molecule has 0 bridgehead atoms. The third kappa shape index (κ3) is 2.96. The van der Waals surface area contributed by atoms with E-state index in [1.165, 1.54) is 17.4 Å². The van der Waals surface area contributed by atoms with Crippen LogP contribution in [0.15, 0.2) is 18.0 Å². The van der Waals surface area contributed by atoms with Crippen molar-refractivity contribution in [2.75, 3.05) is 13.1 Å². The Morgan fingerprint density at radius 2 is 2.38 bits per heavy atom. The van der Waals surface area contributed by atoms with Crippen LogP contribution in [0.4, 0.5) is 0 Å². The molecule has 2 heterocycles. The highest BCUT2D eigenvalue weighted by Gasteiger charge is 2.56. The molecule has 2 aliphatic rings. The van der Waals surface area contributed by atoms with E-state index in [2.05, 4.69) is 16.9 Å². The number of carbonyl (C=O) groups excluding carboxylic acids is 2. The van der Waals surface area contributed by atoms with Crippen LogP contribution in [-0.2, 0) is 16.0 Å². The Hall–Kier alpha value is -1.40. The zero-order chi connectivity index (χ0) is 15.0. The van der Waals surface area contributed by atoms with Gasteiger partial charge >= 0.3 is 0 Å². The summed E-state index contributed by atoms with van der Waals surface area (Å²) in [5.74, 6) is -0.130. The first-order valence-corrected chi connectivity index (χ1v) is 8.09. The highest BCUT2D eigenvalue weighted by Crippen LogP contribution is 2.52. The molecule has 2 fully saturated rings. The zero-order valence-electron chi connectivity index (χ0n) is 11.5. The predicted octanol–water partition coefficient (Wildman–Crippen LogP) is 1.63. The Kier molecular flexibility index (Phi) is 3.75. The minimum Gasteiger partial charge on any atom is -0.347 e. The smallest absolute Gasteiger partial charge is 0.243 e. The summed E-state index contributed by atoms with van der Waals surface area (Å²) in [6.45, 7) is 4.75. The fourth-order valence-electron chi connectivity index (χ4n) is 2.87. The molecule has 3 rings (SSSR count). The van der Waals surface area contributed by atoms with Gasteiger partial charge < -0.3 is 10.2 Å². The lowest BCUT2D eigenvalue weighted by atomic mass is 10.0. The van der Waals surface area contributed by atoms with E-state index in [0.29, 0.717) is 18.2 Å². The molecule has 1 aromatic heterocycles. The van der Waals surface area contributed by atoms with Gasteiger partial charge in [-0.2, -0.15) is 0 Å². The molecule has 2 amide bonds. The summed E-state index contributed by atoms with van der Waals surface area (Å²) in [7, 11) is 0. The summed E-state index contributed by atoms with van der Waals surface area (Å²) in [4.78, 5) is 29.8. The van der Waals surface area contributed by atoms with Crippen LogP contribution in [-0.4, -0.2) is 40.8 Å². The van der Waals surface area contributed by atoms with Crippen molar-refractivity contribution in [3.63, 3.8) is 0 Å². The molecule has 1 saturated heterocycles. The van der Waals surface area contributed by atoms with Gasteiger partial charge in [-0.15, -0.1) is 11.3 Å². The zero-order valence-corrected chi connectivity index (χ0v) is 13.0. The summed E-state index contributed by atoms with van der Waals surface area (Å²) in [6, 6.07) is 0.0341. The SMILES string of the molecule is C=CC(=O)NC1CN(C(=O)Cc2nc(Cl)cs2)CC12CC2. The molecule has 0 aromatic carbocycles. The number of nitrogens with one attached hydrogen (secondary N) is 1. The van der Waals surface area contributed by atoms with Crippen LogP contribution >= 0.6 is 22.9 Å². The van der Waals surface area contributed by atoms with E-state index in [4.69, 9.17) is 11.6 Å². The van der Waals surface area contributed by atoms with Crippen molar-refractivity contribution in [3.8, 4) is 0 Å². The number of hydrogen-bond donors (Lipinski definition) is 1. The second-order valence-electron chi connectivity index (χ2n) is 5.64. The molecule has 1 aliphatic carbocycles. The van der Waals surface area contributed by atoms with Crippen LogP contribution in [0, 0.1) is 5.41 Å². The monoisotopic (exact) mass is 325 g/mol. The van der Waals surface area contributed by atoms with Crippen LogP contribution < -0.4 is 5.32 Å². The molecule has 1 saturated carbocycles. The molecular weight excluding hydrogens is 310 g/mol. The van der Waals surface area contributed by atoms with Crippen molar-refractivity contribution in [3.05, 3.63) is 28.2 Å². The van der Waals surface area contributed by atoms with Gasteiger partial charge in [0.15, 0.2) is 0 Å². The van der Waals surface area contributed by atoms with Crippen molar-refractivity contribution in [1.29, 1.82) is 0 Å².